The summed E-state index contributed by atoms with van der Waals surface area (Å²) in [6.45, 7) is 3.59. The molecule has 0 radical (unpaired) electrons. The van der Waals surface area contributed by atoms with E-state index in [1.54, 1.807) is 12.1 Å². The SMILES string of the molecule is CCC1(CNS(=O)(=O)c2ccc3c(c2)CCN3)CC1. The first-order valence-corrected chi connectivity index (χ1v) is 8.39. The van der Waals surface area contributed by atoms with Crippen molar-refractivity contribution in [2.24, 2.45) is 5.41 Å². The van der Waals surface area contributed by atoms with Crippen LogP contribution in [0.4, 0.5) is 5.69 Å². The molecule has 3 rings (SSSR count). The van der Waals surface area contributed by atoms with Crippen molar-refractivity contribution in [3.05, 3.63) is 23.8 Å². The van der Waals surface area contributed by atoms with E-state index >= 15 is 0 Å². The summed E-state index contributed by atoms with van der Waals surface area (Å²) in [5.74, 6) is 0. The Balaban J connectivity index is 1.76. The van der Waals surface area contributed by atoms with Crippen LogP contribution in [0.2, 0.25) is 0 Å². The van der Waals surface area contributed by atoms with Crippen LogP contribution in [0.3, 0.4) is 0 Å². The van der Waals surface area contributed by atoms with Crippen LogP contribution >= 0.6 is 0 Å². The quantitative estimate of drug-likeness (QED) is 0.868. The summed E-state index contributed by atoms with van der Waals surface area (Å²) in [6, 6.07) is 5.35. The number of hydrogen-bond donors (Lipinski definition) is 2. The largest absolute Gasteiger partial charge is 0.384 e. The minimum Gasteiger partial charge on any atom is -0.384 e. The first-order valence-electron chi connectivity index (χ1n) is 6.91. The van der Waals surface area contributed by atoms with Gasteiger partial charge in [0.2, 0.25) is 10.0 Å². The lowest BCUT2D eigenvalue weighted by molar-refractivity contribution is 0.475. The molecule has 1 fully saturated rings. The molecule has 1 aromatic rings. The van der Waals surface area contributed by atoms with Crippen molar-refractivity contribution in [3.8, 4) is 0 Å². The second kappa shape index (κ2) is 4.49. The standard InChI is InChI=1S/C14H20N2O2S/c1-2-14(6-7-14)10-16-19(17,18)12-3-4-13-11(9-12)5-8-15-13/h3-4,9,15-16H,2,5-8,10H2,1H3. The molecule has 1 saturated carbocycles. The Kier molecular flexibility index (Phi) is 3.06. The lowest BCUT2D eigenvalue weighted by atomic mass is 10.1. The van der Waals surface area contributed by atoms with Gasteiger partial charge in [-0.1, -0.05) is 6.92 Å². The van der Waals surface area contributed by atoms with Gasteiger partial charge in [-0.15, -0.1) is 0 Å². The lowest BCUT2D eigenvalue weighted by Gasteiger charge is -2.14. The van der Waals surface area contributed by atoms with Crippen molar-refractivity contribution in [2.75, 3.05) is 18.4 Å². The van der Waals surface area contributed by atoms with Gasteiger partial charge in [-0.3, -0.25) is 0 Å². The molecule has 5 heteroatoms. The molecular weight excluding hydrogens is 260 g/mol. The zero-order valence-electron chi connectivity index (χ0n) is 11.2. The summed E-state index contributed by atoms with van der Waals surface area (Å²) in [4.78, 5) is 0.391. The highest BCUT2D eigenvalue weighted by Crippen LogP contribution is 2.48. The van der Waals surface area contributed by atoms with Crippen molar-refractivity contribution in [1.29, 1.82) is 0 Å². The molecular formula is C14H20N2O2S. The number of anilines is 1. The predicted octanol–water partition coefficient (Wildman–Crippen LogP) is 2.12. The molecule has 0 amide bonds. The first kappa shape index (κ1) is 12.9. The molecule has 4 nitrogen and oxygen atoms in total. The van der Waals surface area contributed by atoms with Crippen molar-refractivity contribution in [3.63, 3.8) is 0 Å². The fourth-order valence-corrected chi connectivity index (χ4v) is 3.82. The zero-order chi connectivity index (χ0) is 13.5. The molecule has 0 saturated heterocycles. The Bertz CT molecular complexity index is 591. The fraction of sp³-hybridized carbons (Fsp3) is 0.571. The maximum absolute atomic E-state index is 12.3. The maximum Gasteiger partial charge on any atom is 0.240 e. The summed E-state index contributed by atoms with van der Waals surface area (Å²) in [5, 5.41) is 3.24. The van der Waals surface area contributed by atoms with E-state index in [0.29, 0.717) is 11.4 Å². The van der Waals surface area contributed by atoms with Gasteiger partial charge < -0.3 is 5.32 Å². The Hall–Kier alpha value is -1.07. The number of sulfonamides is 1. The third-order valence-corrected chi connectivity index (χ3v) is 5.84. The molecule has 0 spiro atoms. The van der Waals surface area contributed by atoms with Crippen LogP contribution in [0, 0.1) is 5.41 Å². The topological polar surface area (TPSA) is 58.2 Å². The highest BCUT2D eigenvalue weighted by Gasteiger charge is 2.41. The van der Waals surface area contributed by atoms with E-state index < -0.39 is 10.0 Å². The summed E-state index contributed by atoms with van der Waals surface area (Å²) >= 11 is 0. The summed E-state index contributed by atoms with van der Waals surface area (Å²) < 4.78 is 27.4. The van der Waals surface area contributed by atoms with Gasteiger partial charge in [-0.25, -0.2) is 13.1 Å². The molecule has 2 aliphatic rings. The van der Waals surface area contributed by atoms with Crippen LogP contribution in [0.25, 0.3) is 0 Å². The van der Waals surface area contributed by atoms with Gasteiger partial charge in [0.05, 0.1) is 4.90 Å². The second-order valence-electron chi connectivity index (χ2n) is 5.67. The molecule has 0 unspecified atom stereocenters. The monoisotopic (exact) mass is 280 g/mol. The van der Waals surface area contributed by atoms with E-state index in [4.69, 9.17) is 0 Å². The van der Waals surface area contributed by atoms with Crippen molar-refractivity contribution < 1.29 is 8.42 Å². The molecule has 19 heavy (non-hydrogen) atoms. The average molecular weight is 280 g/mol. The van der Waals surface area contributed by atoms with Crippen LogP contribution in [-0.4, -0.2) is 21.5 Å². The molecule has 1 aliphatic carbocycles. The van der Waals surface area contributed by atoms with Crippen LogP contribution < -0.4 is 10.0 Å². The van der Waals surface area contributed by atoms with E-state index in [2.05, 4.69) is 17.0 Å². The first-order chi connectivity index (χ1) is 9.05. The number of hydrogen-bond acceptors (Lipinski definition) is 3. The summed E-state index contributed by atoms with van der Waals surface area (Å²) in [6.07, 6.45) is 4.22. The molecule has 2 N–H and O–H groups in total. The Morgan fingerprint density at radius 2 is 2.16 bits per heavy atom. The lowest BCUT2D eigenvalue weighted by Crippen LogP contribution is -2.30. The molecule has 1 aromatic carbocycles. The van der Waals surface area contributed by atoms with Gasteiger partial charge in [0, 0.05) is 18.8 Å². The van der Waals surface area contributed by atoms with E-state index in [1.807, 2.05) is 6.07 Å². The van der Waals surface area contributed by atoms with Gasteiger partial charge in [-0.2, -0.15) is 0 Å². The molecule has 1 aliphatic heterocycles. The minimum absolute atomic E-state index is 0.228. The molecule has 0 atom stereocenters. The highest BCUT2D eigenvalue weighted by molar-refractivity contribution is 7.89. The fourth-order valence-electron chi connectivity index (χ4n) is 2.61. The van der Waals surface area contributed by atoms with Crippen LogP contribution in [0.5, 0.6) is 0 Å². The van der Waals surface area contributed by atoms with Gasteiger partial charge in [0.1, 0.15) is 0 Å². The number of fused-ring (bicyclic) bond motifs is 1. The molecule has 104 valence electrons. The van der Waals surface area contributed by atoms with Gasteiger partial charge in [0.15, 0.2) is 0 Å². The molecule has 0 aromatic heterocycles. The minimum atomic E-state index is -3.36. The van der Waals surface area contributed by atoms with E-state index in [-0.39, 0.29) is 5.41 Å². The Labute approximate surface area is 114 Å². The predicted molar refractivity (Wildman–Crippen MR) is 75.8 cm³/mol. The third kappa shape index (κ3) is 2.49. The molecule has 1 heterocycles. The Morgan fingerprint density at radius 3 is 2.84 bits per heavy atom. The van der Waals surface area contributed by atoms with Crippen LogP contribution in [-0.2, 0) is 16.4 Å². The number of rotatable bonds is 5. The summed E-state index contributed by atoms with van der Waals surface area (Å²) in [5.41, 5.74) is 2.39. The maximum atomic E-state index is 12.3. The van der Waals surface area contributed by atoms with E-state index in [0.717, 1.165) is 43.5 Å². The van der Waals surface area contributed by atoms with Gasteiger partial charge in [0.25, 0.3) is 0 Å². The average Bonchev–Trinajstić information content (AvgIpc) is 3.05. The van der Waals surface area contributed by atoms with Gasteiger partial charge in [-0.05, 0) is 54.9 Å². The van der Waals surface area contributed by atoms with E-state index in [9.17, 15) is 8.42 Å². The Morgan fingerprint density at radius 1 is 1.37 bits per heavy atom. The number of benzene rings is 1. The van der Waals surface area contributed by atoms with Crippen molar-refractivity contribution in [1.82, 2.24) is 4.72 Å². The summed E-state index contributed by atoms with van der Waals surface area (Å²) in [7, 11) is -3.36. The van der Waals surface area contributed by atoms with E-state index in [1.165, 1.54) is 0 Å². The van der Waals surface area contributed by atoms with Crippen LogP contribution in [0.15, 0.2) is 23.1 Å². The smallest absolute Gasteiger partial charge is 0.240 e. The number of nitrogens with one attached hydrogen (secondary N) is 2. The molecule has 0 bridgehead atoms. The third-order valence-electron chi connectivity index (χ3n) is 4.44. The zero-order valence-corrected chi connectivity index (χ0v) is 12.0. The second-order valence-corrected chi connectivity index (χ2v) is 7.44. The van der Waals surface area contributed by atoms with Crippen LogP contribution in [0.1, 0.15) is 31.7 Å². The highest BCUT2D eigenvalue weighted by atomic mass is 32.2. The van der Waals surface area contributed by atoms with Crippen molar-refractivity contribution in [2.45, 2.75) is 37.5 Å². The van der Waals surface area contributed by atoms with Crippen molar-refractivity contribution >= 4 is 15.7 Å². The van der Waals surface area contributed by atoms with Gasteiger partial charge >= 0.3 is 0 Å². The normalized spacial score (nSPS) is 19.8.